The van der Waals surface area contributed by atoms with Crippen LogP contribution >= 0.6 is 28.3 Å². The van der Waals surface area contributed by atoms with Crippen LogP contribution in [0.2, 0.25) is 0 Å². The van der Waals surface area contributed by atoms with E-state index in [-0.39, 0.29) is 24.4 Å². The molecule has 1 aromatic rings. The van der Waals surface area contributed by atoms with E-state index in [0.29, 0.717) is 18.9 Å². The number of halogens is 2. The first-order valence-corrected chi connectivity index (χ1v) is 7.83. The molecule has 6 heteroatoms. The summed E-state index contributed by atoms with van der Waals surface area (Å²) in [5, 5.41) is 6.38. The van der Waals surface area contributed by atoms with Crippen molar-refractivity contribution in [3.63, 3.8) is 0 Å². The first kappa shape index (κ1) is 18.3. The molecule has 0 spiro atoms. The Labute approximate surface area is 140 Å². The number of carbonyl (C=O) groups is 1. The van der Waals surface area contributed by atoms with Gasteiger partial charge in [-0.1, -0.05) is 19.1 Å². The summed E-state index contributed by atoms with van der Waals surface area (Å²) < 4.78 is 6.51. The monoisotopic (exact) mass is 376 g/mol. The topological polar surface area (TPSA) is 50.4 Å². The minimum absolute atomic E-state index is 0. The minimum Gasteiger partial charge on any atom is -0.492 e. The second kappa shape index (κ2) is 9.28. The van der Waals surface area contributed by atoms with Crippen molar-refractivity contribution >= 4 is 34.2 Å². The Kier molecular flexibility index (Phi) is 8.07. The van der Waals surface area contributed by atoms with E-state index < -0.39 is 0 Å². The first-order chi connectivity index (χ1) is 9.66. The summed E-state index contributed by atoms with van der Waals surface area (Å²) in [6.07, 6.45) is 1.49. The van der Waals surface area contributed by atoms with Crippen LogP contribution in [0.4, 0.5) is 0 Å². The Morgan fingerprint density at radius 2 is 2.24 bits per heavy atom. The second-order valence-corrected chi connectivity index (χ2v) is 6.03. The van der Waals surface area contributed by atoms with Crippen molar-refractivity contribution in [3.05, 3.63) is 28.7 Å². The van der Waals surface area contributed by atoms with Crippen LogP contribution in [0, 0.1) is 5.92 Å². The molecule has 118 valence electrons. The van der Waals surface area contributed by atoms with Gasteiger partial charge in [0.2, 0.25) is 5.91 Å². The Bertz CT molecular complexity index is 459. The van der Waals surface area contributed by atoms with Crippen LogP contribution < -0.4 is 15.4 Å². The number of benzene rings is 1. The Balaban J connectivity index is 0.00000220. The van der Waals surface area contributed by atoms with Crippen LogP contribution in [0.5, 0.6) is 5.75 Å². The molecule has 1 fully saturated rings. The van der Waals surface area contributed by atoms with Crippen molar-refractivity contribution in [2.24, 2.45) is 5.92 Å². The van der Waals surface area contributed by atoms with Gasteiger partial charge in [-0.25, -0.2) is 0 Å². The van der Waals surface area contributed by atoms with Gasteiger partial charge in [-0.05, 0) is 46.9 Å². The summed E-state index contributed by atoms with van der Waals surface area (Å²) in [5.74, 6) is 1.36. The molecule has 0 aromatic heterocycles. The smallest absolute Gasteiger partial charge is 0.223 e. The molecule has 1 aliphatic heterocycles. The van der Waals surface area contributed by atoms with Crippen LogP contribution in [-0.2, 0) is 4.79 Å². The number of hydrogen-bond acceptors (Lipinski definition) is 3. The Hall–Kier alpha value is -0.780. The number of piperidine rings is 1. The standard InChI is InChI=1S/C15H21BrN2O2.ClH/c1-11-6-8-17-10-13(11)18-15(19)7-9-20-14-5-3-2-4-12(14)16;/h2-5,11,13,17H,6-10H2,1H3,(H,18,19);1H. The number of ether oxygens (including phenoxy) is 1. The molecule has 1 aliphatic rings. The fraction of sp³-hybridized carbons (Fsp3) is 0.533. The molecular weight excluding hydrogens is 356 g/mol. The van der Waals surface area contributed by atoms with Crippen molar-refractivity contribution in [1.82, 2.24) is 10.6 Å². The molecule has 2 unspecified atom stereocenters. The van der Waals surface area contributed by atoms with Gasteiger partial charge in [-0.3, -0.25) is 4.79 Å². The molecule has 1 saturated heterocycles. The lowest BCUT2D eigenvalue weighted by atomic mass is 9.95. The molecule has 0 aliphatic carbocycles. The van der Waals surface area contributed by atoms with Gasteiger partial charge in [0.1, 0.15) is 5.75 Å². The average Bonchev–Trinajstić information content (AvgIpc) is 2.43. The van der Waals surface area contributed by atoms with E-state index in [1.54, 1.807) is 0 Å². The normalized spacial score (nSPS) is 21.2. The predicted octanol–water partition coefficient (Wildman–Crippen LogP) is 2.75. The maximum Gasteiger partial charge on any atom is 0.223 e. The van der Waals surface area contributed by atoms with Crippen LogP contribution in [0.3, 0.4) is 0 Å². The van der Waals surface area contributed by atoms with Gasteiger partial charge < -0.3 is 15.4 Å². The maximum atomic E-state index is 11.9. The molecule has 2 N–H and O–H groups in total. The third kappa shape index (κ3) is 5.85. The van der Waals surface area contributed by atoms with Gasteiger partial charge in [0.25, 0.3) is 0 Å². The van der Waals surface area contributed by atoms with Crippen molar-refractivity contribution in [3.8, 4) is 5.75 Å². The van der Waals surface area contributed by atoms with Crippen LogP contribution in [0.25, 0.3) is 0 Å². The Morgan fingerprint density at radius 1 is 1.48 bits per heavy atom. The number of hydrogen-bond donors (Lipinski definition) is 2. The molecule has 2 atom stereocenters. The van der Waals surface area contributed by atoms with Crippen molar-refractivity contribution in [2.45, 2.75) is 25.8 Å². The summed E-state index contributed by atoms with van der Waals surface area (Å²) in [7, 11) is 0. The average molecular weight is 378 g/mol. The number of amides is 1. The minimum atomic E-state index is 0. The fourth-order valence-corrected chi connectivity index (χ4v) is 2.68. The van der Waals surface area contributed by atoms with E-state index in [1.807, 2.05) is 24.3 Å². The van der Waals surface area contributed by atoms with Gasteiger partial charge in [0.05, 0.1) is 17.5 Å². The van der Waals surface area contributed by atoms with Gasteiger partial charge in [0.15, 0.2) is 0 Å². The molecule has 0 radical (unpaired) electrons. The van der Waals surface area contributed by atoms with Crippen LogP contribution in [0.15, 0.2) is 28.7 Å². The van der Waals surface area contributed by atoms with Crippen molar-refractivity contribution in [1.29, 1.82) is 0 Å². The van der Waals surface area contributed by atoms with Gasteiger partial charge in [-0.15, -0.1) is 12.4 Å². The molecule has 1 aromatic carbocycles. The molecular formula is C15H22BrClN2O2. The zero-order valence-electron chi connectivity index (χ0n) is 12.1. The van der Waals surface area contributed by atoms with E-state index in [0.717, 1.165) is 29.7 Å². The van der Waals surface area contributed by atoms with Crippen LogP contribution in [-0.4, -0.2) is 31.6 Å². The van der Waals surface area contributed by atoms with Gasteiger partial charge in [0, 0.05) is 12.6 Å². The second-order valence-electron chi connectivity index (χ2n) is 5.17. The highest BCUT2D eigenvalue weighted by Crippen LogP contribution is 2.23. The van der Waals surface area contributed by atoms with E-state index in [4.69, 9.17) is 4.74 Å². The quantitative estimate of drug-likeness (QED) is 0.829. The molecule has 1 amide bonds. The third-order valence-corrected chi connectivity index (χ3v) is 4.25. The number of nitrogens with one attached hydrogen (secondary N) is 2. The predicted molar refractivity (Wildman–Crippen MR) is 90.1 cm³/mol. The number of para-hydroxylation sites is 1. The summed E-state index contributed by atoms with van der Waals surface area (Å²) in [5.41, 5.74) is 0. The molecule has 0 saturated carbocycles. The highest BCUT2D eigenvalue weighted by molar-refractivity contribution is 9.10. The summed E-state index contributed by atoms with van der Waals surface area (Å²) in [6, 6.07) is 7.89. The highest BCUT2D eigenvalue weighted by atomic mass is 79.9. The van der Waals surface area contributed by atoms with Gasteiger partial charge >= 0.3 is 0 Å². The fourth-order valence-electron chi connectivity index (χ4n) is 2.28. The Morgan fingerprint density at radius 3 is 2.95 bits per heavy atom. The summed E-state index contributed by atoms with van der Waals surface area (Å²) in [4.78, 5) is 11.9. The molecule has 0 bridgehead atoms. The first-order valence-electron chi connectivity index (χ1n) is 7.04. The largest absolute Gasteiger partial charge is 0.492 e. The third-order valence-electron chi connectivity index (χ3n) is 3.60. The lowest BCUT2D eigenvalue weighted by Crippen LogP contribution is -2.50. The van der Waals surface area contributed by atoms with Crippen molar-refractivity contribution in [2.75, 3.05) is 19.7 Å². The van der Waals surface area contributed by atoms with E-state index >= 15 is 0 Å². The zero-order chi connectivity index (χ0) is 14.4. The summed E-state index contributed by atoms with van der Waals surface area (Å²) >= 11 is 3.42. The van der Waals surface area contributed by atoms with E-state index in [2.05, 4.69) is 33.5 Å². The molecule has 21 heavy (non-hydrogen) atoms. The maximum absolute atomic E-state index is 11.9. The lowest BCUT2D eigenvalue weighted by molar-refractivity contribution is -0.122. The van der Waals surface area contributed by atoms with E-state index in [9.17, 15) is 4.79 Å². The molecule has 2 rings (SSSR count). The number of carbonyl (C=O) groups excluding carboxylic acids is 1. The molecule has 4 nitrogen and oxygen atoms in total. The lowest BCUT2D eigenvalue weighted by Gasteiger charge is -2.30. The zero-order valence-corrected chi connectivity index (χ0v) is 14.5. The van der Waals surface area contributed by atoms with Crippen LogP contribution in [0.1, 0.15) is 19.8 Å². The number of rotatable bonds is 5. The van der Waals surface area contributed by atoms with E-state index in [1.165, 1.54) is 0 Å². The van der Waals surface area contributed by atoms with Gasteiger partial charge in [-0.2, -0.15) is 0 Å². The van der Waals surface area contributed by atoms with Crippen molar-refractivity contribution < 1.29 is 9.53 Å². The summed E-state index contributed by atoms with van der Waals surface area (Å²) in [6.45, 7) is 4.48. The molecule has 1 heterocycles. The SMILES string of the molecule is CC1CCNCC1NC(=O)CCOc1ccccc1Br.Cl. The highest BCUT2D eigenvalue weighted by Gasteiger charge is 2.22.